The number of aliphatic hydroxyl groups excluding tert-OH is 1. The molecule has 1 atom stereocenters. The van der Waals surface area contributed by atoms with E-state index in [0.29, 0.717) is 6.07 Å². The summed E-state index contributed by atoms with van der Waals surface area (Å²) in [5.74, 6) is -1.43. The minimum absolute atomic E-state index is 0.108. The molecule has 2 aromatic rings. The smallest absolute Gasteiger partial charge is 0.267 e. The van der Waals surface area contributed by atoms with Gasteiger partial charge in [0.05, 0.1) is 13.7 Å². The fourth-order valence-electron chi connectivity index (χ4n) is 1.70. The van der Waals surface area contributed by atoms with Crippen molar-refractivity contribution < 1.29 is 18.6 Å². The molecule has 0 aliphatic carbocycles. The van der Waals surface area contributed by atoms with Crippen LogP contribution in [0.4, 0.5) is 8.78 Å². The van der Waals surface area contributed by atoms with E-state index in [1.165, 1.54) is 19.2 Å². The summed E-state index contributed by atoms with van der Waals surface area (Å²) in [6.45, 7) is -0.265. The van der Waals surface area contributed by atoms with Crippen molar-refractivity contribution in [3.8, 4) is 5.88 Å². The lowest BCUT2D eigenvalue weighted by Gasteiger charge is -2.13. The van der Waals surface area contributed by atoms with Crippen LogP contribution in [-0.4, -0.2) is 22.0 Å². The number of nitrogens with zero attached hydrogens (tertiary/aromatic N) is 2. The van der Waals surface area contributed by atoms with Gasteiger partial charge in [0.25, 0.3) is 5.56 Å². The molecule has 0 bridgehead atoms. The van der Waals surface area contributed by atoms with Gasteiger partial charge in [-0.05, 0) is 6.07 Å². The van der Waals surface area contributed by atoms with Crippen LogP contribution < -0.4 is 10.3 Å². The van der Waals surface area contributed by atoms with Gasteiger partial charge in [0.2, 0.25) is 5.88 Å². The molecule has 5 nitrogen and oxygen atoms in total. The van der Waals surface area contributed by atoms with E-state index < -0.39 is 23.3 Å². The maximum absolute atomic E-state index is 13.5. The third kappa shape index (κ3) is 3.00. The highest BCUT2D eigenvalue weighted by Crippen LogP contribution is 2.19. The monoisotopic (exact) mass is 282 g/mol. The molecule has 0 aliphatic rings. The number of benzene rings is 1. The molecule has 0 amide bonds. The Morgan fingerprint density at radius 1 is 1.35 bits per heavy atom. The van der Waals surface area contributed by atoms with Crippen LogP contribution in [0.15, 0.2) is 35.1 Å². The largest absolute Gasteiger partial charge is 0.480 e. The van der Waals surface area contributed by atoms with E-state index in [2.05, 4.69) is 5.10 Å². The zero-order valence-electron chi connectivity index (χ0n) is 10.6. The molecule has 1 aromatic carbocycles. The molecule has 1 aromatic heterocycles. The Morgan fingerprint density at radius 2 is 2.10 bits per heavy atom. The number of halogens is 2. The number of rotatable bonds is 4. The quantitative estimate of drug-likeness (QED) is 0.917. The molecule has 1 N–H and O–H groups in total. The van der Waals surface area contributed by atoms with Gasteiger partial charge in [-0.15, -0.1) is 5.10 Å². The highest BCUT2D eigenvalue weighted by atomic mass is 19.1. The van der Waals surface area contributed by atoms with Crippen LogP contribution in [-0.2, 0) is 6.54 Å². The van der Waals surface area contributed by atoms with Crippen LogP contribution in [0, 0.1) is 11.6 Å². The molecule has 2 rings (SSSR count). The Balaban J connectivity index is 2.27. The van der Waals surface area contributed by atoms with Gasteiger partial charge in [-0.2, -0.15) is 0 Å². The molecule has 106 valence electrons. The summed E-state index contributed by atoms with van der Waals surface area (Å²) in [6.07, 6.45) is -1.33. The van der Waals surface area contributed by atoms with Crippen molar-refractivity contribution >= 4 is 0 Å². The highest BCUT2D eigenvalue weighted by molar-refractivity contribution is 5.20. The molecule has 1 heterocycles. The van der Waals surface area contributed by atoms with Gasteiger partial charge in [-0.3, -0.25) is 4.79 Å². The van der Waals surface area contributed by atoms with Crippen LogP contribution in [0.5, 0.6) is 5.88 Å². The van der Waals surface area contributed by atoms with Gasteiger partial charge in [0.1, 0.15) is 17.7 Å². The number of aliphatic hydroxyl groups is 1. The summed E-state index contributed by atoms with van der Waals surface area (Å²) < 4.78 is 32.1. The van der Waals surface area contributed by atoms with Crippen molar-refractivity contribution in [3.05, 3.63) is 57.9 Å². The summed E-state index contributed by atoms with van der Waals surface area (Å²) >= 11 is 0. The summed E-state index contributed by atoms with van der Waals surface area (Å²) in [7, 11) is 1.38. The Labute approximate surface area is 113 Å². The zero-order chi connectivity index (χ0) is 14.7. The first-order valence-electron chi connectivity index (χ1n) is 5.76. The van der Waals surface area contributed by atoms with E-state index in [1.807, 2.05) is 0 Å². The van der Waals surface area contributed by atoms with Crippen LogP contribution in [0.3, 0.4) is 0 Å². The maximum atomic E-state index is 13.5. The predicted molar refractivity (Wildman–Crippen MR) is 66.4 cm³/mol. The normalized spacial score (nSPS) is 12.2. The molecule has 1 unspecified atom stereocenters. The number of ether oxygens (including phenoxy) is 1. The van der Waals surface area contributed by atoms with Crippen LogP contribution in [0.2, 0.25) is 0 Å². The minimum atomic E-state index is -1.33. The fourth-order valence-corrected chi connectivity index (χ4v) is 1.70. The second-order valence-corrected chi connectivity index (χ2v) is 4.08. The molecule has 0 radical (unpaired) electrons. The van der Waals surface area contributed by atoms with Gasteiger partial charge in [0.15, 0.2) is 0 Å². The van der Waals surface area contributed by atoms with E-state index in [0.717, 1.165) is 16.8 Å². The molecule has 0 fully saturated rings. The Bertz CT molecular complexity index is 673. The molecule has 0 saturated heterocycles. The lowest BCUT2D eigenvalue weighted by molar-refractivity contribution is 0.143. The Hall–Kier alpha value is -2.28. The van der Waals surface area contributed by atoms with Crippen molar-refractivity contribution in [1.29, 1.82) is 0 Å². The average Bonchev–Trinajstić information content (AvgIpc) is 2.41. The van der Waals surface area contributed by atoms with E-state index in [-0.39, 0.29) is 18.0 Å². The van der Waals surface area contributed by atoms with Gasteiger partial charge in [-0.1, -0.05) is 6.07 Å². The number of methoxy groups -OCH3 is 1. The predicted octanol–water partition coefficient (Wildman–Crippen LogP) is 1.26. The highest BCUT2D eigenvalue weighted by Gasteiger charge is 2.15. The number of aromatic nitrogens is 2. The molecule has 20 heavy (non-hydrogen) atoms. The maximum Gasteiger partial charge on any atom is 0.267 e. The van der Waals surface area contributed by atoms with Crippen LogP contribution in [0.1, 0.15) is 11.7 Å². The van der Waals surface area contributed by atoms with E-state index >= 15 is 0 Å². The lowest BCUT2D eigenvalue weighted by atomic mass is 10.1. The average molecular weight is 282 g/mol. The number of hydrogen-bond donors (Lipinski definition) is 1. The zero-order valence-corrected chi connectivity index (χ0v) is 10.6. The third-order valence-electron chi connectivity index (χ3n) is 2.72. The topological polar surface area (TPSA) is 64.3 Å². The van der Waals surface area contributed by atoms with Gasteiger partial charge >= 0.3 is 0 Å². The summed E-state index contributed by atoms with van der Waals surface area (Å²) in [4.78, 5) is 11.6. The second-order valence-electron chi connectivity index (χ2n) is 4.08. The Morgan fingerprint density at radius 3 is 2.75 bits per heavy atom. The summed E-state index contributed by atoms with van der Waals surface area (Å²) in [5, 5.41) is 13.8. The molecule has 7 heteroatoms. The SMILES string of the molecule is COc1ccc(=O)n(CC(O)c2ccc(F)cc2F)n1. The second kappa shape index (κ2) is 5.79. The molecule has 0 spiro atoms. The summed E-state index contributed by atoms with van der Waals surface area (Å²) in [6, 6.07) is 5.42. The van der Waals surface area contributed by atoms with Gasteiger partial charge < -0.3 is 9.84 Å². The molecule has 0 saturated carbocycles. The van der Waals surface area contributed by atoms with Crippen molar-refractivity contribution in [2.45, 2.75) is 12.6 Å². The third-order valence-corrected chi connectivity index (χ3v) is 2.72. The van der Waals surface area contributed by atoms with E-state index in [4.69, 9.17) is 4.74 Å². The first-order valence-corrected chi connectivity index (χ1v) is 5.76. The molecular weight excluding hydrogens is 270 g/mol. The van der Waals surface area contributed by atoms with Gasteiger partial charge in [-0.25, -0.2) is 13.5 Å². The van der Waals surface area contributed by atoms with Crippen LogP contribution >= 0.6 is 0 Å². The van der Waals surface area contributed by atoms with E-state index in [1.54, 1.807) is 0 Å². The first kappa shape index (κ1) is 14.1. The fraction of sp³-hybridized carbons (Fsp3) is 0.231. The van der Waals surface area contributed by atoms with Crippen molar-refractivity contribution in [2.75, 3.05) is 7.11 Å². The molecule has 0 aliphatic heterocycles. The first-order chi connectivity index (χ1) is 9.51. The van der Waals surface area contributed by atoms with Crippen molar-refractivity contribution in [3.63, 3.8) is 0 Å². The minimum Gasteiger partial charge on any atom is -0.480 e. The number of hydrogen-bond acceptors (Lipinski definition) is 4. The van der Waals surface area contributed by atoms with E-state index in [9.17, 15) is 18.7 Å². The van der Waals surface area contributed by atoms with Crippen LogP contribution in [0.25, 0.3) is 0 Å². The van der Waals surface area contributed by atoms with Crippen molar-refractivity contribution in [2.24, 2.45) is 0 Å². The molecular formula is C13H12F2N2O3. The van der Waals surface area contributed by atoms with Gasteiger partial charge in [0, 0.05) is 23.8 Å². The summed E-state index contributed by atoms with van der Waals surface area (Å²) in [5.41, 5.74) is -0.574. The standard InChI is InChI=1S/C13H12F2N2O3/c1-20-12-4-5-13(19)17(16-12)7-11(18)9-3-2-8(14)6-10(9)15/h2-6,11,18H,7H2,1H3. The Kier molecular flexibility index (Phi) is 4.09. The van der Waals surface area contributed by atoms with Crippen molar-refractivity contribution in [1.82, 2.24) is 9.78 Å². The lowest BCUT2D eigenvalue weighted by Crippen LogP contribution is -2.25.